The molecule has 14 heavy (non-hydrogen) atoms. The Morgan fingerprint density at radius 2 is 2.21 bits per heavy atom. The molecule has 1 aromatic heterocycles. The van der Waals surface area contributed by atoms with Gasteiger partial charge >= 0.3 is 0 Å². The average molecular weight is 187 g/mol. The van der Waals surface area contributed by atoms with Crippen molar-refractivity contribution in [2.24, 2.45) is 0 Å². The second-order valence-electron chi connectivity index (χ2n) is 4.06. The summed E-state index contributed by atoms with van der Waals surface area (Å²) >= 11 is 0. The molecule has 1 aliphatic rings. The van der Waals surface area contributed by atoms with Gasteiger partial charge in [-0.3, -0.25) is 4.90 Å². The second kappa shape index (κ2) is 2.51. The average Bonchev–Trinajstić information content (AvgIpc) is 2.62. The second-order valence-corrected chi connectivity index (χ2v) is 4.06. The van der Waals surface area contributed by atoms with Crippen molar-refractivity contribution in [3.63, 3.8) is 0 Å². The van der Waals surface area contributed by atoms with Crippen LogP contribution in [0.2, 0.25) is 0 Å². The van der Waals surface area contributed by atoms with Gasteiger partial charge in [-0.05, 0) is 30.8 Å². The van der Waals surface area contributed by atoms with E-state index in [1.165, 1.54) is 22.2 Å². The van der Waals surface area contributed by atoms with Crippen LogP contribution in [0.3, 0.4) is 0 Å². The van der Waals surface area contributed by atoms with Crippen LogP contribution in [0.15, 0.2) is 18.2 Å². The number of rotatable bonds is 0. The summed E-state index contributed by atoms with van der Waals surface area (Å²) in [5, 5.41) is 1.28. The van der Waals surface area contributed by atoms with Crippen LogP contribution in [0.1, 0.15) is 11.3 Å². The highest BCUT2D eigenvalue weighted by Crippen LogP contribution is 2.30. The first-order valence-electron chi connectivity index (χ1n) is 4.81. The molecule has 3 rings (SSSR count). The zero-order valence-electron chi connectivity index (χ0n) is 8.17. The maximum absolute atomic E-state index is 5.78. The fourth-order valence-corrected chi connectivity index (χ4v) is 2.23. The van der Waals surface area contributed by atoms with Gasteiger partial charge < -0.3 is 10.7 Å². The quantitative estimate of drug-likeness (QED) is 0.616. The molecule has 2 aromatic rings. The summed E-state index contributed by atoms with van der Waals surface area (Å²) in [6.45, 7) is 2.04. The molecular weight excluding hydrogens is 174 g/mol. The van der Waals surface area contributed by atoms with Crippen molar-refractivity contribution < 1.29 is 0 Å². The van der Waals surface area contributed by atoms with E-state index in [0.717, 1.165) is 18.8 Å². The molecule has 0 aliphatic carbocycles. The molecule has 0 saturated carbocycles. The van der Waals surface area contributed by atoms with Crippen LogP contribution in [-0.4, -0.2) is 16.9 Å². The molecule has 1 aliphatic heterocycles. The van der Waals surface area contributed by atoms with Crippen molar-refractivity contribution in [1.82, 2.24) is 9.88 Å². The SMILES string of the molecule is CN1Cc2[nH]c3ccc(N)cc3c2C1. The molecule has 2 heterocycles. The molecular formula is C11H13N3. The van der Waals surface area contributed by atoms with E-state index in [1.807, 2.05) is 6.07 Å². The van der Waals surface area contributed by atoms with Crippen molar-refractivity contribution in [2.75, 3.05) is 12.8 Å². The summed E-state index contributed by atoms with van der Waals surface area (Å²) < 4.78 is 0. The predicted molar refractivity (Wildman–Crippen MR) is 57.9 cm³/mol. The van der Waals surface area contributed by atoms with Crippen LogP contribution >= 0.6 is 0 Å². The lowest BCUT2D eigenvalue weighted by Crippen LogP contribution is -2.08. The number of benzene rings is 1. The van der Waals surface area contributed by atoms with Gasteiger partial charge in [0.2, 0.25) is 0 Å². The van der Waals surface area contributed by atoms with Crippen LogP contribution in [0.25, 0.3) is 10.9 Å². The van der Waals surface area contributed by atoms with E-state index in [9.17, 15) is 0 Å². The maximum Gasteiger partial charge on any atom is 0.0461 e. The van der Waals surface area contributed by atoms with Crippen molar-refractivity contribution >= 4 is 16.6 Å². The monoisotopic (exact) mass is 187 g/mol. The molecule has 1 aromatic carbocycles. The first-order chi connectivity index (χ1) is 6.74. The van der Waals surface area contributed by atoms with Gasteiger partial charge in [0.1, 0.15) is 0 Å². The van der Waals surface area contributed by atoms with Crippen LogP contribution in [0.5, 0.6) is 0 Å². The number of nitrogens with one attached hydrogen (secondary N) is 1. The lowest BCUT2D eigenvalue weighted by atomic mass is 10.1. The molecule has 0 radical (unpaired) electrons. The molecule has 0 atom stereocenters. The Morgan fingerprint density at radius 3 is 3.07 bits per heavy atom. The molecule has 0 spiro atoms. The van der Waals surface area contributed by atoms with Crippen molar-refractivity contribution in [2.45, 2.75) is 13.1 Å². The van der Waals surface area contributed by atoms with E-state index in [2.05, 4.69) is 29.1 Å². The third kappa shape index (κ3) is 0.960. The van der Waals surface area contributed by atoms with Gasteiger partial charge in [-0.15, -0.1) is 0 Å². The van der Waals surface area contributed by atoms with E-state index in [4.69, 9.17) is 5.73 Å². The Labute approximate surface area is 82.5 Å². The molecule has 3 nitrogen and oxygen atoms in total. The molecule has 0 fully saturated rings. The van der Waals surface area contributed by atoms with Gasteiger partial charge in [0.05, 0.1) is 0 Å². The fraction of sp³-hybridized carbons (Fsp3) is 0.273. The highest BCUT2D eigenvalue weighted by atomic mass is 15.1. The van der Waals surface area contributed by atoms with Crippen molar-refractivity contribution in [1.29, 1.82) is 0 Å². The Kier molecular flexibility index (Phi) is 1.42. The van der Waals surface area contributed by atoms with Crippen LogP contribution in [0, 0.1) is 0 Å². The third-order valence-electron chi connectivity index (χ3n) is 2.87. The number of anilines is 1. The topological polar surface area (TPSA) is 45.0 Å². The van der Waals surface area contributed by atoms with E-state index >= 15 is 0 Å². The van der Waals surface area contributed by atoms with Crippen LogP contribution in [-0.2, 0) is 13.1 Å². The van der Waals surface area contributed by atoms with E-state index < -0.39 is 0 Å². The van der Waals surface area contributed by atoms with Crippen LogP contribution in [0.4, 0.5) is 5.69 Å². The van der Waals surface area contributed by atoms with Gasteiger partial charge in [0, 0.05) is 35.4 Å². The zero-order valence-corrected chi connectivity index (χ0v) is 8.17. The van der Waals surface area contributed by atoms with Crippen molar-refractivity contribution in [3.05, 3.63) is 29.5 Å². The summed E-state index contributed by atoms with van der Waals surface area (Å²) in [7, 11) is 2.13. The molecule has 3 N–H and O–H groups in total. The van der Waals surface area contributed by atoms with Crippen molar-refractivity contribution in [3.8, 4) is 0 Å². The number of fused-ring (bicyclic) bond motifs is 3. The normalized spacial score (nSPS) is 16.4. The number of nitrogens with zero attached hydrogens (tertiary/aromatic N) is 1. The van der Waals surface area contributed by atoms with Crippen LogP contribution < -0.4 is 5.73 Å². The summed E-state index contributed by atoms with van der Waals surface area (Å²) in [6, 6.07) is 6.06. The predicted octanol–water partition coefficient (Wildman–Crippen LogP) is 1.70. The molecule has 0 saturated heterocycles. The Morgan fingerprint density at radius 1 is 1.36 bits per heavy atom. The highest BCUT2D eigenvalue weighted by molar-refractivity contribution is 5.87. The lowest BCUT2D eigenvalue weighted by Gasteiger charge is -2.05. The number of hydrogen-bond acceptors (Lipinski definition) is 2. The number of hydrogen-bond donors (Lipinski definition) is 2. The minimum Gasteiger partial charge on any atom is -0.399 e. The minimum atomic E-state index is 0.842. The summed E-state index contributed by atoms with van der Waals surface area (Å²) in [6.07, 6.45) is 0. The summed E-state index contributed by atoms with van der Waals surface area (Å²) in [4.78, 5) is 5.73. The summed E-state index contributed by atoms with van der Waals surface area (Å²) in [5.74, 6) is 0. The minimum absolute atomic E-state index is 0.842. The number of aromatic nitrogens is 1. The maximum atomic E-state index is 5.78. The Balaban J connectivity index is 2.30. The first-order valence-corrected chi connectivity index (χ1v) is 4.81. The number of H-pyrrole nitrogens is 1. The Bertz CT molecular complexity index is 498. The zero-order chi connectivity index (χ0) is 9.71. The highest BCUT2D eigenvalue weighted by Gasteiger charge is 2.20. The smallest absolute Gasteiger partial charge is 0.0461 e. The molecule has 0 unspecified atom stereocenters. The van der Waals surface area contributed by atoms with Gasteiger partial charge in [-0.2, -0.15) is 0 Å². The number of nitrogens with two attached hydrogens (primary N) is 1. The fourth-order valence-electron chi connectivity index (χ4n) is 2.23. The van der Waals surface area contributed by atoms with Gasteiger partial charge in [0.25, 0.3) is 0 Å². The largest absolute Gasteiger partial charge is 0.399 e. The third-order valence-corrected chi connectivity index (χ3v) is 2.87. The van der Waals surface area contributed by atoms with E-state index in [1.54, 1.807) is 0 Å². The van der Waals surface area contributed by atoms with Gasteiger partial charge in [-0.1, -0.05) is 0 Å². The van der Waals surface area contributed by atoms with Gasteiger partial charge in [0.15, 0.2) is 0 Å². The number of aromatic amines is 1. The number of nitrogen functional groups attached to an aromatic ring is 1. The molecule has 3 heteroatoms. The molecule has 72 valence electrons. The van der Waals surface area contributed by atoms with E-state index in [0.29, 0.717) is 0 Å². The first kappa shape index (κ1) is 7.88. The Hall–Kier alpha value is -1.48. The molecule has 0 bridgehead atoms. The lowest BCUT2D eigenvalue weighted by molar-refractivity contribution is 0.351. The molecule has 0 amide bonds. The summed E-state index contributed by atoms with van der Waals surface area (Å²) in [5.41, 5.74) is 10.6. The van der Waals surface area contributed by atoms with E-state index in [-0.39, 0.29) is 0 Å². The standard InChI is InChI=1S/C11H13N3/c1-14-5-9-8-4-7(12)2-3-10(8)13-11(9)6-14/h2-4,13H,5-6,12H2,1H3. The van der Waals surface area contributed by atoms with Gasteiger partial charge in [-0.25, -0.2) is 0 Å².